The SMILES string of the molecule is C.CC.CC.CC.CC.CC.CC.CC.CC.CC.CC(C)C. The summed E-state index contributed by atoms with van der Waals surface area (Å²) in [4.78, 5) is 0. The van der Waals surface area contributed by atoms with Crippen LogP contribution in [0.15, 0.2) is 0 Å². The minimum atomic E-state index is 0. The molecule has 0 aliphatic rings. The Balaban J connectivity index is -0.00000000782. The van der Waals surface area contributed by atoms with Crippen LogP contribution in [0.2, 0.25) is 0 Å². The van der Waals surface area contributed by atoms with E-state index in [-0.39, 0.29) is 7.43 Å². The van der Waals surface area contributed by atoms with E-state index in [0.717, 1.165) is 5.92 Å². The van der Waals surface area contributed by atoms with Gasteiger partial charge in [-0.05, 0) is 5.92 Å². The normalized spacial score (nSPS) is 3.91. The lowest BCUT2D eigenvalue weighted by molar-refractivity contribution is 0.737. The third-order valence-corrected chi connectivity index (χ3v) is 0. The Kier molecular flexibility index (Phi) is 3620. The Hall–Kier alpha value is 0. The molecule has 0 aliphatic carbocycles. The Morgan fingerprint density at radius 2 is 0.261 bits per heavy atom. The molecule has 160 valence electrons. The predicted octanol–water partition coefficient (Wildman–Crippen LogP) is 11.5. The number of hydrogen-bond donors (Lipinski definition) is 0. The van der Waals surface area contributed by atoms with Crippen LogP contribution in [-0.4, -0.2) is 0 Å². The second-order valence-electron chi connectivity index (χ2n) is 1.73. The highest BCUT2D eigenvalue weighted by Gasteiger charge is 1.68. The number of rotatable bonds is 0. The van der Waals surface area contributed by atoms with Crippen LogP contribution in [0.4, 0.5) is 0 Å². The van der Waals surface area contributed by atoms with Gasteiger partial charge in [-0.3, -0.25) is 0 Å². The molecule has 0 heteroatoms. The zero-order chi connectivity index (χ0) is 21.6. The molecule has 23 heavy (non-hydrogen) atoms. The molecule has 0 fully saturated rings. The molecule has 0 aliphatic heterocycles. The fourth-order valence-corrected chi connectivity index (χ4v) is 0. The Bertz CT molecular complexity index is 4.75. The smallest absolute Gasteiger partial charge is 0.0500 e. The van der Waals surface area contributed by atoms with E-state index >= 15 is 0 Å². The Morgan fingerprint density at radius 3 is 0.261 bits per heavy atom. The van der Waals surface area contributed by atoms with Crippen molar-refractivity contribution >= 4 is 0 Å². The summed E-state index contributed by atoms with van der Waals surface area (Å²) in [6.07, 6.45) is 0. The highest BCUT2D eigenvalue weighted by atomic mass is 13.7. The first-order chi connectivity index (χ1) is 10.7. The summed E-state index contributed by atoms with van der Waals surface area (Å²) < 4.78 is 0. The molecule has 0 atom stereocenters. The summed E-state index contributed by atoms with van der Waals surface area (Å²) in [7, 11) is 0. The monoisotopic (exact) mass is 345 g/mol. The summed E-state index contributed by atoms with van der Waals surface area (Å²) in [6.45, 7) is 42.5. The van der Waals surface area contributed by atoms with E-state index in [9.17, 15) is 0 Å². The van der Waals surface area contributed by atoms with E-state index in [0.29, 0.717) is 0 Å². The minimum absolute atomic E-state index is 0. The Labute approximate surface area is 159 Å². The van der Waals surface area contributed by atoms with Crippen LogP contribution in [-0.2, 0) is 0 Å². The summed E-state index contributed by atoms with van der Waals surface area (Å²) in [5.74, 6) is 0.833. The first-order valence-corrected chi connectivity index (χ1v) is 10.7. The van der Waals surface area contributed by atoms with E-state index in [4.69, 9.17) is 0 Å². The topological polar surface area (TPSA) is 0 Å². The van der Waals surface area contributed by atoms with Gasteiger partial charge in [0.05, 0.1) is 0 Å². The zero-order valence-electron chi connectivity index (χ0n) is 21.6. The zero-order valence-corrected chi connectivity index (χ0v) is 21.6. The first kappa shape index (κ1) is 77.3. The van der Waals surface area contributed by atoms with Gasteiger partial charge >= 0.3 is 0 Å². The van der Waals surface area contributed by atoms with Crippen molar-refractivity contribution in [1.82, 2.24) is 0 Å². The molecule has 0 rings (SSSR count). The maximum Gasteiger partial charge on any atom is -0.0500 e. The lowest BCUT2D eigenvalue weighted by Gasteiger charge is -1.79. The molecule has 0 amide bonds. The van der Waals surface area contributed by atoms with Crippen molar-refractivity contribution in [2.45, 2.75) is 153 Å². The lowest BCUT2D eigenvalue weighted by atomic mass is 10.3. The van der Waals surface area contributed by atoms with Crippen molar-refractivity contribution in [3.8, 4) is 0 Å². The average Bonchev–Trinajstić information content (AvgIpc) is 2.69. The van der Waals surface area contributed by atoms with Gasteiger partial charge in [-0.2, -0.15) is 0 Å². The van der Waals surface area contributed by atoms with Gasteiger partial charge < -0.3 is 0 Å². The van der Waals surface area contributed by atoms with E-state index in [1.165, 1.54) is 0 Å². The maximum atomic E-state index is 2.17. The van der Waals surface area contributed by atoms with E-state index < -0.39 is 0 Å². The molecule has 0 bridgehead atoms. The molecular weight excluding hydrogens is 276 g/mol. The van der Waals surface area contributed by atoms with Gasteiger partial charge in [0.25, 0.3) is 0 Å². The molecule has 0 radical (unpaired) electrons. The van der Waals surface area contributed by atoms with Crippen LogP contribution in [0.5, 0.6) is 0 Å². The van der Waals surface area contributed by atoms with E-state index in [1.807, 2.05) is 125 Å². The van der Waals surface area contributed by atoms with Gasteiger partial charge in [-0.25, -0.2) is 0 Å². The molecule has 0 saturated carbocycles. The highest BCUT2D eigenvalue weighted by molar-refractivity contribution is 4.20. The van der Waals surface area contributed by atoms with Crippen LogP contribution in [0.3, 0.4) is 0 Å². The second kappa shape index (κ2) is 1080. The fourth-order valence-electron chi connectivity index (χ4n) is 0. The second-order valence-corrected chi connectivity index (χ2v) is 1.73. The third kappa shape index (κ3) is 0. The molecule has 0 heterocycles. The van der Waals surface area contributed by atoms with Crippen molar-refractivity contribution < 1.29 is 0 Å². The van der Waals surface area contributed by atoms with Gasteiger partial charge in [-0.1, -0.05) is 153 Å². The molecular formula is C23H68. The van der Waals surface area contributed by atoms with Crippen molar-refractivity contribution in [2.24, 2.45) is 5.92 Å². The van der Waals surface area contributed by atoms with Crippen molar-refractivity contribution in [3.63, 3.8) is 0 Å². The van der Waals surface area contributed by atoms with Crippen LogP contribution in [0.25, 0.3) is 0 Å². The lowest BCUT2D eigenvalue weighted by Crippen LogP contribution is -1.66. The molecule has 0 N–H and O–H groups in total. The largest absolute Gasteiger partial charge is 0.0776 e. The molecule has 0 aromatic carbocycles. The molecule has 0 aromatic heterocycles. The van der Waals surface area contributed by atoms with Gasteiger partial charge in [0.2, 0.25) is 0 Å². The summed E-state index contributed by atoms with van der Waals surface area (Å²) in [5, 5.41) is 0. The molecule has 0 aromatic rings. The third-order valence-electron chi connectivity index (χ3n) is 0. The standard InChI is InChI=1S/C4H10.9C2H6.CH4/c1-4(2)3;9*1-2;/h4H,1-3H3;9*1-2H3;1H4. The molecule has 0 unspecified atom stereocenters. The first-order valence-electron chi connectivity index (χ1n) is 10.7. The van der Waals surface area contributed by atoms with E-state index in [1.54, 1.807) is 0 Å². The summed E-state index contributed by atoms with van der Waals surface area (Å²) >= 11 is 0. The highest BCUT2D eigenvalue weighted by Crippen LogP contribution is 1.81. The minimum Gasteiger partial charge on any atom is -0.0776 e. The van der Waals surface area contributed by atoms with E-state index in [2.05, 4.69) is 20.8 Å². The van der Waals surface area contributed by atoms with Crippen LogP contribution >= 0.6 is 0 Å². The van der Waals surface area contributed by atoms with Gasteiger partial charge in [0.1, 0.15) is 0 Å². The Morgan fingerprint density at radius 1 is 0.261 bits per heavy atom. The van der Waals surface area contributed by atoms with Gasteiger partial charge in [0.15, 0.2) is 0 Å². The summed E-state index contributed by atoms with van der Waals surface area (Å²) in [5.41, 5.74) is 0. The van der Waals surface area contributed by atoms with Crippen LogP contribution in [0, 0.1) is 5.92 Å². The predicted molar refractivity (Wildman–Crippen MR) is 129 cm³/mol. The van der Waals surface area contributed by atoms with Crippen molar-refractivity contribution in [3.05, 3.63) is 0 Å². The van der Waals surface area contributed by atoms with Crippen LogP contribution in [0.1, 0.15) is 153 Å². The van der Waals surface area contributed by atoms with Crippen molar-refractivity contribution in [2.75, 3.05) is 0 Å². The molecule has 0 spiro atoms. The van der Waals surface area contributed by atoms with Crippen LogP contribution < -0.4 is 0 Å². The maximum absolute atomic E-state index is 2.17. The van der Waals surface area contributed by atoms with Gasteiger partial charge in [-0.15, -0.1) is 0 Å². The number of hydrogen-bond acceptors (Lipinski definition) is 0. The average molecular weight is 345 g/mol. The molecule has 0 nitrogen and oxygen atoms in total. The summed E-state index contributed by atoms with van der Waals surface area (Å²) in [6, 6.07) is 0. The quantitative estimate of drug-likeness (QED) is 0.409. The van der Waals surface area contributed by atoms with Crippen molar-refractivity contribution in [1.29, 1.82) is 0 Å². The van der Waals surface area contributed by atoms with Gasteiger partial charge in [0, 0.05) is 0 Å². The fraction of sp³-hybridized carbons (Fsp3) is 1.00. The molecule has 0 saturated heterocycles.